The van der Waals surface area contributed by atoms with E-state index in [1.807, 2.05) is 6.92 Å². The number of hydrogen-bond donors (Lipinski definition) is 2. The van der Waals surface area contributed by atoms with Crippen LogP contribution in [0, 0.1) is 6.92 Å². The van der Waals surface area contributed by atoms with Crippen LogP contribution in [-0.4, -0.2) is 21.4 Å². The lowest BCUT2D eigenvalue weighted by Crippen LogP contribution is -2.07. The van der Waals surface area contributed by atoms with Gasteiger partial charge in [0, 0.05) is 11.5 Å². The molecule has 0 saturated heterocycles. The number of aromatic amines is 1. The monoisotopic (exact) mass is 197 g/mol. The summed E-state index contributed by atoms with van der Waals surface area (Å²) in [5.74, 6) is 0. The molecule has 70 valence electrons. The third-order valence-electron chi connectivity index (χ3n) is 1.43. The largest absolute Gasteiger partial charge is 0.311 e. The lowest BCUT2D eigenvalue weighted by molar-refractivity contribution is 1.06. The Morgan fingerprint density at radius 2 is 2.46 bits per heavy atom. The van der Waals surface area contributed by atoms with Crippen molar-refractivity contribution in [2.75, 3.05) is 0 Å². The fourth-order valence-electron chi connectivity index (χ4n) is 0.816. The Morgan fingerprint density at radius 3 is 3.00 bits per heavy atom. The number of nitrogens with one attached hydrogen (secondary N) is 1. The molecular formula is C8H11N3OS. The standard InChI is InChI=1S/C8H11N3OS/c1-5(13)3-9-7-6(2)10-4-11-8(7)12/h3-5,13H,1-2H3,(H,10,11,12). The molecular weight excluding hydrogens is 186 g/mol. The third kappa shape index (κ3) is 2.69. The molecule has 13 heavy (non-hydrogen) atoms. The third-order valence-corrected chi connectivity index (χ3v) is 1.56. The van der Waals surface area contributed by atoms with Crippen molar-refractivity contribution in [1.82, 2.24) is 9.97 Å². The topological polar surface area (TPSA) is 58.1 Å². The second-order valence-corrected chi connectivity index (χ2v) is 3.50. The highest BCUT2D eigenvalue weighted by Crippen LogP contribution is 2.07. The highest BCUT2D eigenvalue weighted by molar-refractivity contribution is 7.81. The molecule has 1 heterocycles. The summed E-state index contributed by atoms with van der Waals surface area (Å²) in [5, 5.41) is 0.0269. The molecule has 1 rings (SSSR count). The van der Waals surface area contributed by atoms with Crippen molar-refractivity contribution in [3.63, 3.8) is 0 Å². The highest BCUT2D eigenvalue weighted by Gasteiger charge is 2.01. The van der Waals surface area contributed by atoms with Crippen LogP contribution in [0.25, 0.3) is 0 Å². The zero-order valence-corrected chi connectivity index (χ0v) is 8.38. The van der Waals surface area contributed by atoms with E-state index < -0.39 is 0 Å². The van der Waals surface area contributed by atoms with Crippen molar-refractivity contribution < 1.29 is 0 Å². The van der Waals surface area contributed by atoms with Crippen molar-refractivity contribution in [1.29, 1.82) is 0 Å². The molecule has 0 spiro atoms. The summed E-state index contributed by atoms with van der Waals surface area (Å²) >= 11 is 4.11. The summed E-state index contributed by atoms with van der Waals surface area (Å²) in [6.45, 7) is 3.61. The van der Waals surface area contributed by atoms with E-state index in [1.54, 1.807) is 13.1 Å². The maximum Gasteiger partial charge on any atom is 0.276 e. The Balaban J connectivity index is 3.07. The number of aliphatic imine (C=N–C) groups is 1. The smallest absolute Gasteiger partial charge is 0.276 e. The Morgan fingerprint density at radius 1 is 1.77 bits per heavy atom. The first-order chi connectivity index (χ1) is 6.11. The van der Waals surface area contributed by atoms with Crippen LogP contribution in [0.2, 0.25) is 0 Å². The Labute approximate surface area is 81.5 Å². The zero-order chi connectivity index (χ0) is 9.84. The van der Waals surface area contributed by atoms with Gasteiger partial charge in [-0.15, -0.1) is 0 Å². The van der Waals surface area contributed by atoms with Crippen LogP contribution in [0.3, 0.4) is 0 Å². The van der Waals surface area contributed by atoms with E-state index in [4.69, 9.17) is 0 Å². The minimum atomic E-state index is -0.224. The molecule has 0 amide bonds. The van der Waals surface area contributed by atoms with E-state index >= 15 is 0 Å². The molecule has 1 atom stereocenters. The van der Waals surface area contributed by atoms with Gasteiger partial charge in [-0.25, -0.2) is 4.98 Å². The van der Waals surface area contributed by atoms with Gasteiger partial charge in [0.15, 0.2) is 0 Å². The van der Waals surface area contributed by atoms with E-state index in [9.17, 15) is 4.79 Å². The fraction of sp³-hybridized carbons (Fsp3) is 0.375. The van der Waals surface area contributed by atoms with Gasteiger partial charge in [-0.05, 0) is 13.8 Å². The first-order valence-corrected chi connectivity index (χ1v) is 4.39. The van der Waals surface area contributed by atoms with E-state index in [0.717, 1.165) is 0 Å². The summed E-state index contributed by atoms with van der Waals surface area (Å²) in [5.41, 5.74) is 0.745. The van der Waals surface area contributed by atoms with Crippen molar-refractivity contribution in [2.24, 2.45) is 4.99 Å². The van der Waals surface area contributed by atoms with Crippen LogP contribution >= 0.6 is 12.6 Å². The predicted molar refractivity (Wildman–Crippen MR) is 56.2 cm³/mol. The Bertz CT molecular complexity index is 370. The van der Waals surface area contributed by atoms with Gasteiger partial charge in [-0.1, -0.05) is 0 Å². The fourth-order valence-corrected chi connectivity index (χ4v) is 0.883. The van der Waals surface area contributed by atoms with Gasteiger partial charge in [0.05, 0.1) is 12.0 Å². The number of aryl methyl sites for hydroxylation is 1. The molecule has 0 aliphatic heterocycles. The SMILES string of the molecule is Cc1nc[nH]c(=O)c1N=CC(C)S. The highest BCUT2D eigenvalue weighted by atomic mass is 32.1. The van der Waals surface area contributed by atoms with Gasteiger partial charge in [0.25, 0.3) is 5.56 Å². The van der Waals surface area contributed by atoms with E-state index in [1.165, 1.54) is 6.33 Å². The first kappa shape index (κ1) is 9.98. The summed E-state index contributed by atoms with van der Waals surface area (Å²) in [6.07, 6.45) is 2.96. The average molecular weight is 197 g/mol. The van der Waals surface area contributed by atoms with E-state index in [2.05, 4.69) is 27.6 Å². The number of rotatable bonds is 2. The lowest BCUT2D eigenvalue weighted by Gasteiger charge is -1.96. The molecule has 5 heteroatoms. The summed E-state index contributed by atoms with van der Waals surface area (Å²) in [7, 11) is 0. The maximum absolute atomic E-state index is 11.2. The van der Waals surface area contributed by atoms with Gasteiger partial charge >= 0.3 is 0 Å². The minimum Gasteiger partial charge on any atom is -0.311 e. The molecule has 0 saturated carbocycles. The molecule has 0 aliphatic carbocycles. The van der Waals surface area contributed by atoms with Crippen molar-refractivity contribution in [2.45, 2.75) is 19.1 Å². The molecule has 0 aromatic carbocycles. The second kappa shape index (κ2) is 4.23. The molecule has 4 nitrogen and oxygen atoms in total. The quantitative estimate of drug-likeness (QED) is 0.551. The molecule has 1 N–H and O–H groups in total. The molecule has 1 aromatic heterocycles. The first-order valence-electron chi connectivity index (χ1n) is 3.88. The number of thiol groups is 1. The van der Waals surface area contributed by atoms with Crippen LogP contribution < -0.4 is 5.56 Å². The summed E-state index contributed by atoms with van der Waals surface area (Å²) in [4.78, 5) is 21.6. The second-order valence-electron chi connectivity index (χ2n) is 2.68. The van der Waals surface area contributed by atoms with Crippen LogP contribution in [0.1, 0.15) is 12.6 Å². The molecule has 0 aliphatic rings. The number of nitrogens with zero attached hydrogens (tertiary/aromatic N) is 2. The van der Waals surface area contributed by atoms with Gasteiger partial charge in [-0.2, -0.15) is 12.6 Å². The summed E-state index contributed by atoms with van der Waals surface area (Å²) < 4.78 is 0. The van der Waals surface area contributed by atoms with Gasteiger partial charge in [-0.3, -0.25) is 9.79 Å². The Hall–Kier alpha value is -1.10. The minimum absolute atomic E-state index is 0.0269. The summed E-state index contributed by atoms with van der Waals surface area (Å²) in [6, 6.07) is 0. The lowest BCUT2D eigenvalue weighted by atomic mass is 10.4. The van der Waals surface area contributed by atoms with E-state index in [0.29, 0.717) is 11.4 Å². The molecule has 1 aromatic rings. The van der Waals surface area contributed by atoms with Crippen LogP contribution in [0.5, 0.6) is 0 Å². The molecule has 0 radical (unpaired) electrons. The van der Waals surface area contributed by atoms with Crippen molar-refractivity contribution >= 4 is 24.5 Å². The van der Waals surface area contributed by atoms with Crippen molar-refractivity contribution in [3.05, 3.63) is 22.4 Å². The maximum atomic E-state index is 11.2. The average Bonchev–Trinajstić information content (AvgIpc) is 2.03. The number of hydrogen-bond acceptors (Lipinski definition) is 4. The van der Waals surface area contributed by atoms with Gasteiger partial charge < -0.3 is 4.98 Å². The van der Waals surface area contributed by atoms with Crippen LogP contribution in [0.15, 0.2) is 16.1 Å². The molecule has 0 bridgehead atoms. The van der Waals surface area contributed by atoms with Crippen LogP contribution in [-0.2, 0) is 0 Å². The van der Waals surface area contributed by atoms with Crippen LogP contribution in [0.4, 0.5) is 5.69 Å². The normalized spacial score (nSPS) is 13.5. The number of aromatic nitrogens is 2. The van der Waals surface area contributed by atoms with Gasteiger partial charge in [0.1, 0.15) is 5.69 Å². The zero-order valence-electron chi connectivity index (χ0n) is 7.48. The van der Waals surface area contributed by atoms with Crippen molar-refractivity contribution in [3.8, 4) is 0 Å². The Kier molecular flexibility index (Phi) is 3.25. The molecule has 0 fully saturated rings. The number of H-pyrrole nitrogens is 1. The molecule has 1 unspecified atom stereocenters. The predicted octanol–water partition coefficient (Wildman–Crippen LogP) is 1.10. The van der Waals surface area contributed by atoms with E-state index in [-0.39, 0.29) is 10.8 Å². The van der Waals surface area contributed by atoms with Gasteiger partial charge in [0.2, 0.25) is 0 Å².